The Morgan fingerprint density at radius 1 is 1.23 bits per heavy atom. The van der Waals surface area contributed by atoms with Gasteiger partial charge in [-0.3, -0.25) is 9.69 Å². The van der Waals surface area contributed by atoms with E-state index in [2.05, 4.69) is 23.7 Å². The Labute approximate surface area is 157 Å². The molecule has 0 aliphatic carbocycles. The molecule has 0 bridgehead atoms. The predicted molar refractivity (Wildman–Crippen MR) is 104 cm³/mol. The minimum Gasteiger partial charge on any atom is -0.497 e. The highest BCUT2D eigenvalue weighted by Crippen LogP contribution is 2.32. The molecular weight excluding hydrogens is 350 g/mol. The van der Waals surface area contributed by atoms with Gasteiger partial charge in [0.15, 0.2) is 10.9 Å². The lowest BCUT2D eigenvalue weighted by Crippen LogP contribution is -2.38. The van der Waals surface area contributed by atoms with Gasteiger partial charge in [-0.25, -0.2) is 4.98 Å². The monoisotopic (exact) mass is 373 g/mol. The van der Waals surface area contributed by atoms with Crippen molar-refractivity contribution < 1.29 is 13.9 Å². The van der Waals surface area contributed by atoms with Crippen molar-refractivity contribution in [3.63, 3.8) is 0 Å². The summed E-state index contributed by atoms with van der Waals surface area (Å²) >= 11 is 1.48. The SMILES string of the molecule is CCN(CC)CCN(C(=O)c1ccco1)c1nc2ccc(OC)cc2s1. The normalized spacial score (nSPS) is 11.2. The van der Waals surface area contributed by atoms with Crippen LogP contribution in [0.15, 0.2) is 41.0 Å². The topological polar surface area (TPSA) is 58.8 Å². The highest BCUT2D eigenvalue weighted by Gasteiger charge is 2.23. The van der Waals surface area contributed by atoms with Crippen LogP contribution in [0.3, 0.4) is 0 Å². The molecule has 26 heavy (non-hydrogen) atoms. The number of hydrogen-bond acceptors (Lipinski definition) is 6. The van der Waals surface area contributed by atoms with Crippen molar-refractivity contribution in [3.8, 4) is 5.75 Å². The number of anilines is 1. The Morgan fingerprint density at radius 2 is 2.04 bits per heavy atom. The van der Waals surface area contributed by atoms with E-state index < -0.39 is 0 Å². The molecule has 1 aromatic carbocycles. The molecule has 0 N–H and O–H groups in total. The molecule has 1 amide bonds. The first kappa shape index (κ1) is 18.4. The lowest BCUT2D eigenvalue weighted by atomic mass is 10.3. The van der Waals surface area contributed by atoms with Crippen molar-refractivity contribution >= 4 is 32.6 Å². The quantitative estimate of drug-likeness (QED) is 0.600. The molecule has 0 spiro atoms. The number of amides is 1. The molecule has 6 nitrogen and oxygen atoms in total. The van der Waals surface area contributed by atoms with Gasteiger partial charge in [-0.15, -0.1) is 0 Å². The van der Waals surface area contributed by atoms with Gasteiger partial charge in [-0.2, -0.15) is 0 Å². The summed E-state index contributed by atoms with van der Waals surface area (Å²) in [5, 5.41) is 0.668. The van der Waals surface area contributed by atoms with E-state index in [4.69, 9.17) is 9.15 Å². The molecule has 7 heteroatoms. The number of thiazole rings is 1. The van der Waals surface area contributed by atoms with E-state index in [0.717, 1.165) is 35.6 Å². The fourth-order valence-electron chi connectivity index (χ4n) is 2.73. The molecule has 138 valence electrons. The summed E-state index contributed by atoms with van der Waals surface area (Å²) in [5.41, 5.74) is 0.853. The van der Waals surface area contributed by atoms with E-state index in [1.54, 1.807) is 24.1 Å². The van der Waals surface area contributed by atoms with Crippen LogP contribution in [0.1, 0.15) is 24.4 Å². The molecule has 0 saturated carbocycles. The maximum atomic E-state index is 13.0. The van der Waals surface area contributed by atoms with Crippen molar-refractivity contribution in [2.75, 3.05) is 38.2 Å². The molecule has 3 rings (SSSR count). The number of benzene rings is 1. The molecule has 2 heterocycles. The van der Waals surface area contributed by atoms with E-state index >= 15 is 0 Å². The largest absolute Gasteiger partial charge is 0.497 e. The maximum absolute atomic E-state index is 13.0. The number of rotatable bonds is 8. The van der Waals surface area contributed by atoms with Crippen LogP contribution in [0.4, 0.5) is 5.13 Å². The fourth-order valence-corrected chi connectivity index (χ4v) is 3.75. The van der Waals surface area contributed by atoms with Gasteiger partial charge in [-0.1, -0.05) is 25.2 Å². The smallest absolute Gasteiger partial charge is 0.295 e. The van der Waals surface area contributed by atoms with Gasteiger partial charge in [0.05, 0.1) is 23.6 Å². The Bertz CT molecular complexity index is 856. The Balaban J connectivity index is 1.92. The molecule has 0 fully saturated rings. The number of hydrogen-bond donors (Lipinski definition) is 0. The third kappa shape index (κ3) is 3.89. The summed E-state index contributed by atoms with van der Waals surface area (Å²) in [7, 11) is 1.64. The standard InChI is InChI=1S/C19H23N3O3S/c1-4-21(5-2)10-11-22(18(23)16-7-6-12-25-16)19-20-15-9-8-14(24-3)13-17(15)26-19/h6-9,12-13H,4-5,10-11H2,1-3H3. The summed E-state index contributed by atoms with van der Waals surface area (Å²) < 4.78 is 11.6. The number of nitrogens with zero attached hydrogens (tertiary/aromatic N) is 3. The van der Waals surface area contributed by atoms with Crippen LogP contribution in [-0.2, 0) is 0 Å². The lowest BCUT2D eigenvalue weighted by molar-refractivity contribution is 0.0957. The molecule has 0 saturated heterocycles. The minimum atomic E-state index is -0.173. The summed E-state index contributed by atoms with van der Waals surface area (Å²) in [5.74, 6) is 0.925. The summed E-state index contributed by atoms with van der Waals surface area (Å²) in [4.78, 5) is 21.6. The zero-order valence-electron chi connectivity index (χ0n) is 15.3. The van der Waals surface area contributed by atoms with E-state index in [1.807, 2.05) is 18.2 Å². The average molecular weight is 373 g/mol. The molecular formula is C19H23N3O3S. The average Bonchev–Trinajstić information content (AvgIpc) is 3.33. The molecule has 3 aromatic rings. The van der Waals surface area contributed by atoms with Gasteiger partial charge in [0.1, 0.15) is 5.75 Å². The fraction of sp³-hybridized carbons (Fsp3) is 0.368. The van der Waals surface area contributed by atoms with Crippen molar-refractivity contribution in [2.24, 2.45) is 0 Å². The van der Waals surface area contributed by atoms with E-state index in [-0.39, 0.29) is 5.91 Å². The third-order valence-corrected chi connectivity index (χ3v) is 5.37. The van der Waals surface area contributed by atoms with E-state index in [9.17, 15) is 4.79 Å². The second kappa shape index (κ2) is 8.33. The Hall–Kier alpha value is -2.38. The first-order valence-electron chi connectivity index (χ1n) is 8.68. The number of ether oxygens (including phenoxy) is 1. The third-order valence-electron chi connectivity index (χ3n) is 4.33. The molecule has 2 aromatic heterocycles. The zero-order valence-corrected chi connectivity index (χ0v) is 16.1. The minimum absolute atomic E-state index is 0.173. The molecule has 0 aliphatic rings. The van der Waals surface area contributed by atoms with Crippen molar-refractivity contribution in [1.29, 1.82) is 0 Å². The first-order chi connectivity index (χ1) is 12.7. The molecule has 0 radical (unpaired) electrons. The number of aromatic nitrogens is 1. The number of carbonyl (C=O) groups is 1. The Kier molecular flexibility index (Phi) is 5.90. The first-order valence-corrected chi connectivity index (χ1v) is 9.50. The molecule has 0 aliphatic heterocycles. The summed E-state index contributed by atoms with van der Waals surface area (Å²) in [6.45, 7) is 7.45. The van der Waals surface area contributed by atoms with Crippen molar-refractivity contribution in [1.82, 2.24) is 9.88 Å². The number of likely N-dealkylation sites (N-methyl/N-ethyl adjacent to an activating group) is 1. The predicted octanol–water partition coefficient (Wildman–Crippen LogP) is 3.89. The molecule has 0 atom stereocenters. The van der Waals surface area contributed by atoms with Crippen LogP contribution in [0, 0.1) is 0 Å². The number of fused-ring (bicyclic) bond motifs is 1. The Morgan fingerprint density at radius 3 is 2.69 bits per heavy atom. The maximum Gasteiger partial charge on any atom is 0.295 e. The second-order valence-corrected chi connectivity index (χ2v) is 6.80. The number of carbonyl (C=O) groups excluding carboxylic acids is 1. The lowest BCUT2D eigenvalue weighted by Gasteiger charge is -2.24. The van der Waals surface area contributed by atoms with Crippen LogP contribution < -0.4 is 9.64 Å². The molecule has 0 unspecified atom stereocenters. The van der Waals surface area contributed by atoms with Gasteiger partial charge < -0.3 is 14.1 Å². The van der Waals surface area contributed by atoms with Crippen LogP contribution in [0.5, 0.6) is 5.75 Å². The highest BCUT2D eigenvalue weighted by atomic mass is 32.1. The van der Waals surface area contributed by atoms with Crippen LogP contribution >= 0.6 is 11.3 Å². The van der Waals surface area contributed by atoms with Crippen LogP contribution in [-0.4, -0.2) is 49.1 Å². The van der Waals surface area contributed by atoms with Gasteiger partial charge in [0.2, 0.25) is 0 Å². The summed E-state index contributed by atoms with van der Waals surface area (Å²) in [6, 6.07) is 9.13. The number of furan rings is 1. The zero-order chi connectivity index (χ0) is 18.5. The van der Waals surface area contributed by atoms with Gasteiger partial charge in [0, 0.05) is 13.1 Å². The highest BCUT2D eigenvalue weighted by molar-refractivity contribution is 7.22. The van der Waals surface area contributed by atoms with Gasteiger partial charge >= 0.3 is 0 Å². The van der Waals surface area contributed by atoms with Gasteiger partial charge in [-0.05, 0) is 43.4 Å². The van der Waals surface area contributed by atoms with E-state index in [1.165, 1.54) is 17.6 Å². The van der Waals surface area contributed by atoms with Crippen molar-refractivity contribution in [3.05, 3.63) is 42.4 Å². The second-order valence-electron chi connectivity index (χ2n) is 5.79. The van der Waals surface area contributed by atoms with E-state index in [0.29, 0.717) is 17.4 Å². The van der Waals surface area contributed by atoms with Crippen molar-refractivity contribution in [2.45, 2.75) is 13.8 Å². The number of methoxy groups -OCH3 is 1. The van der Waals surface area contributed by atoms with Crippen LogP contribution in [0.25, 0.3) is 10.2 Å². The van der Waals surface area contributed by atoms with Crippen LogP contribution in [0.2, 0.25) is 0 Å². The van der Waals surface area contributed by atoms with Gasteiger partial charge in [0.25, 0.3) is 5.91 Å². The summed E-state index contributed by atoms with van der Waals surface area (Å²) in [6.07, 6.45) is 1.51.